The standard InChI is InChI=1S/C16H25ClN2O/c1-3-7-18-10-13-4-5-14(9-15(13)17)19-8-6-12(2)16(20)11-19/h4-5,9,12,16,18,20H,3,6-8,10-11H2,1-2H3. The van der Waals surface area contributed by atoms with Gasteiger partial charge in [0.1, 0.15) is 0 Å². The molecule has 0 bridgehead atoms. The second kappa shape index (κ2) is 7.30. The fourth-order valence-corrected chi connectivity index (χ4v) is 2.80. The first-order chi connectivity index (χ1) is 9.61. The van der Waals surface area contributed by atoms with Crippen molar-refractivity contribution < 1.29 is 5.11 Å². The fraction of sp³-hybridized carbons (Fsp3) is 0.625. The van der Waals surface area contributed by atoms with Crippen LogP contribution in [-0.4, -0.2) is 30.8 Å². The molecular weight excluding hydrogens is 272 g/mol. The smallest absolute Gasteiger partial charge is 0.0741 e. The lowest BCUT2D eigenvalue weighted by Crippen LogP contribution is -2.42. The zero-order valence-electron chi connectivity index (χ0n) is 12.4. The molecule has 1 aromatic rings. The van der Waals surface area contributed by atoms with Gasteiger partial charge in [0, 0.05) is 30.3 Å². The van der Waals surface area contributed by atoms with E-state index in [-0.39, 0.29) is 6.10 Å². The van der Waals surface area contributed by atoms with Crippen LogP contribution in [-0.2, 0) is 6.54 Å². The van der Waals surface area contributed by atoms with Crippen LogP contribution >= 0.6 is 11.6 Å². The van der Waals surface area contributed by atoms with Crippen LogP contribution in [0.5, 0.6) is 0 Å². The summed E-state index contributed by atoms with van der Waals surface area (Å²) in [5.41, 5.74) is 2.25. The molecule has 0 spiro atoms. The fourth-order valence-electron chi connectivity index (χ4n) is 2.56. The molecule has 2 atom stereocenters. The third kappa shape index (κ3) is 3.87. The van der Waals surface area contributed by atoms with Crippen molar-refractivity contribution in [2.45, 2.75) is 39.3 Å². The Balaban J connectivity index is 2.01. The van der Waals surface area contributed by atoms with Crippen LogP contribution in [0.25, 0.3) is 0 Å². The zero-order chi connectivity index (χ0) is 14.5. The van der Waals surface area contributed by atoms with Crippen LogP contribution in [0.2, 0.25) is 5.02 Å². The third-order valence-corrected chi connectivity index (χ3v) is 4.41. The molecule has 0 amide bonds. The van der Waals surface area contributed by atoms with Crippen molar-refractivity contribution in [1.29, 1.82) is 0 Å². The molecule has 1 fully saturated rings. The van der Waals surface area contributed by atoms with Crippen LogP contribution in [0.3, 0.4) is 0 Å². The molecule has 1 saturated heterocycles. The topological polar surface area (TPSA) is 35.5 Å². The maximum atomic E-state index is 9.99. The second-order valence-corrected chi connectivity index (χ2v) is 6.14. The highest BCUT2D eigenvalue weighted by molar-refractivity contribution is 6.31. The average Bonchev–Trinajstić information content (AvgIpc) is 2.44. The van der Waals surface area contributed by atoms with E-state index in [2.05, 4.69) is 36.2 Å². The minimum Gasteiger partial charge on any atom is -0.391 e. The summed E-state index contributed by atoms with van der Waals surface area (Å²) < 4.78 is 0. The molecule has 1 aromatic carbocycles. The Kier molecular flexibility index (Phi) is 5.70. The number of β-amino-alcohol motifs (C(OH)–C–C–N with tert-alkyl or cyclic N) is 1. The van der Waals surface area contributed by atoms with Crippen LogP contribution in [0.15, 0.2) is 18.2 Å². The molecule has 2 unspecified atom stereocenters. The molecule has 112 valence electrons. The van der Waals surface area contributed by atoms with Crippen LogP contribution < -0.4 is 10.2 Å². The Morgan fingerprint density at radius 1 is 1.45 bits per heavy atom. The first-order valence-corrected chi connectivity index (χ1v) is 7.91. The molecule has 1 aliphatic rings. The SMILES string of the molecule is CCCNCc1ccc(N2CCC(C)C(O)C2)cc1Cl. The molecule has 20 heavy (non-hydrogen) atoms. The van der Waals surface area contributed by atoms with Gasteiger partial charge in [-0.1, -0.05) is 31.5 Å². The highest BCUT2D eigenvalue weighted by Crippen LogP contribution is 2.27. The van der Waals surface area contributed by atoms with Crippen molar-refractivity contribution in [3.63, 3.8) is 0 Å². The molecule has 2 N–H and O–H groups in total. The lowest BCUT2D eigenvalue weighted by Gasteiger charge is -2.36. The van der Waals surface area contributed by atoms with Crippen LogP contribution in [0.1, 0.15) is 32.3 Å². The Morgan fingerprint density at radius 2 is 2.25 bits per heavy atom. The Morgan fingerprint density at radius 3 is 2.90 bits per heavy atom. The summed E-state index contributed by atoms with van der Waals surface area (Å²) in [4.78, 5) is 2.22. The van der Waals surface area contributed by atoms with E-state index < -0.39 is 0 Å². The molecule has 0 saturated carbocycles. The Hall–Kier alpha value is -0.770. The van der Waals surface area contributed by atoms with E-state index in [4.69, 9.17) is 11.6 Å². The summed E-state index contributed by atoms with van der Waals surface area (Å²) in [5.74, 6) is 0.388. The molecule has 0 aromatic heterocycles. The van der Waals surface area contributed by atoms with Gasteiger partial charge in [0.05, 0.1) is 6.10 Å². The number of benzene rings is 1. The largest absolute Gasteiger partial charge is 0.391 e. The second-order valence-electron chi connectivity index (χ2n) is 5.73. The van der Waals surface area contributed by atoms with Crippen molar-refractivity contribution in [2.75, 3.05) is 24.5 Å². The van der Waals surface area contributed by atoms with Gasteiger partial charge in [-0.3, -0.25) is 0 Å². The van der Waals surface area contributed by atoms with Gasteiger partial charge in [-0.25, -0.2) is 0 Å². The number of aliphatic hydroxyl groups is 1. The minimum atomic E-state index is -0.242. The van der Waals surface area contributed by atoms with E-state index in [1.165, 1.54) is 0 Å². The number of hydrogen-bond donors (Lipinski definition) is 2. The highest BCUT2D eigenvalue weighted by atomic mass is 35.5. The van der Waals surface area contributed by atoms with E-state index in [0.29, 0.717) is 12.5 Å². The third-order valence-electron chi connectivity index (χ3n) is 4.06. The van der Waals surface area contributed by atoms with E-state index in [9.17, 15) is 5.11 Å². The van der Waals surface area contributed by atoms with E-state index in [1.807, 2.05) is 6.07 Å². The van der Waals surface area contributed by atoms with Crippen molar-refractivity contribution in [3.05, 3.63) is 28.8 Å². The van der Waals surface area contributed by atoms with Crippen LogP contribution in [0, 0.1) is 5.92 Å². The summed E-state index contributed by atoms with van der Waals surface area (Å²) in [6, 6.07) is 6.22. The van der Waals surface area contributed by atoms with Crippen LogP contribution in [0.4, 0.5) is 5.69 Å². The van der Waals surface area contributed by atoms with Gasteiger partial charge >= 0.3 is 0 Å². The van der Waals surface area contributed by atoms with Gasteiger partial charge in [0.2, 0.25) is 0 Å². The summed E-state index contributed by atoms with van der Waals surface area (Å²) in [7, 11) is 0. The quantitative estimate of drug-likeness (QED) is 0.820. The number of nitrogens with one attached hydrogen (secondary N) is 1. The summed E-state index contributed by atoms with van der Waals surface area (Å²) in [6.07, 6.45) is 1.91. The van der Waals surface area contributed by atoms with Crippen molar-refractivity contribution in [2.24, 2.45) is 5.92 Å². The maximum Gasteiger partial charge on any atom is 0.0741 e. The lowest BCUT2D eigenvalue weighted by molar-refractivity contribution is 0.103. The minimum absolute atomic E-state index is 0.242. The number of anilines is 1. The van der Waals surface area contributed by atoms with Gasteiger partial charge in [-0.15, -0.1) is 0 Å². The first-order valence-electron chi connectivity index (χ1n) is 7.54. The number of hydrogen-bond acceptors (Lipinski definition) is 3. The summed E-state index contributed by atoms with van der Waals surface area (Å²) in [6.45, 7) is 7.77. The number of nitrogens with zero attached hydrogens (tertiary/aromatic N) is 1. The van der Waals surface area contributed by atoms with Crippen molar-refractivity contribution >= 4 is 17.3 Å². The Bertz CT molecular complexity index is 438. The van der Waals surface area contributed by atoms with Gasteiger partial charge in [-0.05, 0) is 43.0 Å². The molecule has 0 radical (unpaired) electrons. The molecule has 1 aliphatic heterocycles. The number of aliphatic hydroxyl groups excluding tert-OH is 1. The zero-order valence-corrected chi connectivity index (χ0v) is 13.2. The summed E-state index contributed by atoms with van der Waals surface area (Å²) >= 11 is 6.36. The molecule has 1 heterocycles. The molecule has 4 heteroatoms. The monoisotopic (exact) mass is 296 g/mol. The average molecular weight is 297 g/mol. The number of piperidine rings is 1. The summed E-state index contributed by atoms with van der Waals surface area (Å²) in [5, 5.41) is 14.2. The lowest BCUT2D eigenvalue weighted by atomic mass is 9.95. The van der Waals surface area contributed by atoms with E-state index >= 15 is 0 Å². The maximum absolute atomic E-state index is 9.99. The normalized spacial score (nSPS) is 23.1. The predicted molar refractivity (Wildman–Crippen MR) is 85.5 cm³/mol. The van der Waals surface area contributed by atoms with Gasteiger partial charge < -0.3 is 15.3 Å². The highest BCUT2D eigenvalue weighted by Gasteiger charge is 2.24. The van der Waals surface area contributed by atoms with Gasteiger partial charge in [0.25, 0.3) is 0 Å². The van der Waals surface area contributed by atoms with Crippen molar-refractivity contribution in [1.82, 2.24) is 5.32 Å². The molecule has 0 aliphatic carbocycles. The van der Waals surface area contributed by atoms with Crippen molar-refractivity contribution in [3.8, 4) is 0 Å². The van der Waals surface area contributed by atoms with E-state index in [1.54, 1.807) is 0 Å². The van der Waals surface area contributed by atoms with Gasteiger partial charge in [-0.2, -0.15) is 0 Å². The van der Waals surface area contributed by atoms with E-state index in [0.717, 1.165) is 48.7 Å². The molecular formula is C16H25ClN2O. The molecule has 3 nitrogen and oxygen atoms in total. The predicted octanol–water partition coefficient (Wildman–Crippen LogP) is 3.05. The first kappa shape index (κ1) is 15.6. The molecule has 2 rings (SSSR count). The van der Waals surface area contributed by atoms with Gasteiger partial charge in [0.15, 0.2) is 0 Å². The number of rotatable bonds is 5. The Labute approximate surface area is 126 Å². The number of halogens is 1.